The molecule has 0 unspecified atom stereocenters. The minimum Gasteiger partial charge on any atom is -0.465 e. The number of amides is 1. The summed E-state index contributed by atoms with van der Waals surface area (Å²) in [5, 5.41) is 7.40. The lowest BCUT2D eigenvalue weighted by Crippen LogP contribution is -2.47. The Balaban J connectivity index is 1.44. The van der Waals surface area contributed by atoms with E-state index >= 15 is 0 Å². The molecule has 2 N–H and O–H groups in total. The molecule has 1 atom stereocenters. The van der Waals surface area contributed by atoms with Crippen LogP contribution in [-0.4, -0.2) is 51.4 Å². The molecule has 1 saturated heterocycles. The molecule has 1 fully saturated rings. The normalized spacial score (nSPS) is 17.3. The molecule has 0 bridgehead atoms. The zero-order valence-electron chi connectivity index (χ0n) is 15.6. The number of aryl methyl sites for hydroxylation is 1. The quantitative estimate of drug-likeness (QED) is 0.720. The monoisotopic (exact) mass is 368 g/mol. The van der Waals surface area contributed by atoms with Crippen molar-refractivity contribution < 1.29 is 9.53 Å². The maximum Gasteiger partial charge on any atom is 0.294 e. The number of piperidine rings is 1. The lowest BCUT2D eigenvalue weighted by Gasteiger charge is -2.33. The van der Waals surface area contributed by atoms with Gasteiger partial charge in [0, 0.05) is 37.9 Å². The first-order chi connectivity index (χ1) is 13.1. The predicted octanol–water partition coefficient (Wildman–Crippen LogP) is 2.09. The molecule has 1 aliphatic rings. The molecule has 142 valence electrons. The number of aromatic amines is 1. The molecule has 0 radical (unpaired) electrons. The van der Waals surface area contributed by atoms with Crippen molar-refractivity contribution in [3.8, 4) is 6.01 Å². The third-order valence-corrected chi connectivity index (χ3v) is 4.82. The molecule has 1 amide bonds. The van der Waals surface area contributed by atoms with Crippen LogP contribution in [0.25, 0.3) is 11.0 Å². The van der Waals surface area contributed by atoms with Gasteiger partial charge in [-0.3, -0.25) is 9.48 Å². The van der Waals surface area contributed by atoms with E-state index in [2.05, 4.69) is 25.3 Å². The maximum atomic E-state index is 12.7. The van der Waals surface area contributed by atoms with Gasteiger partial charge in [-0.05, 0) is 38.0 Å². The van der Waals surface area contributed by atoms with E-state index in [1.54, 1.807) is 10.7 Å². The number of carbonyl (C=O) groups is 1. The number of anilines is 1. The topological polar surface area (TPSA) is 88.1 Å². The van der Waals surface area contributed by atoms with E-state index in [1.165, 1.54) is 0 Å². The van der Waals surface area contributed by atoms with Crippen molar-refractivity contribution in [1.29, 1.82) is 0 Å². The van der Waals surface area contributed by atoms with Crippen molar-refractivity contribution in [2.45, 2.75) is 25.8 Å². The van der Waals surface area contributed by atoms with Crippen LogP contribution in [0.2, 0.25) is 0 Å². The number of carbonyl (C=O) groups excluding carboxylic acids is 1. The standard InChI is InChI=1S/C19H24N6O2/c1-3-27-19-22-16-7-6-13(9-17(16)23-19)18(26)21-14-5-4-8-25(11-14)15-10-20-24(2)12-15/h6-7,9-10,12,14H,3-5,8,11H2,1-2H3,(H,21,26)(H,22,23)/t14-/m1/s1. The molecule has 1 aromatic carbocycles. The molecular weight excluding hydrogens is 344 g/mol. The minimum atomic E-state index is -0.0671. The number of fused-ring (bicyclic) bond motifs is 1. The van der Waals surface area contributed by atoms with E-state index in [0.29, 0.717) is 18.2 Å². The van der Waals surface area contributed by atoms with Gasteiger partial charge in [0.25, 0.3) is 11.9 Å². The van der Waals surface area contributed by atoms with Crippen LogP contribution in [0.5, 0.6) is 6.01 Å². The highest BCUT2D eigenvalue weighted by Gasteiger charge is 2.23. The first-order valence-corrected chi connectivity index (χ1v) is 9.29. The largest absolute Gasteiger partial charge is 0.465 e. The van der Waals surface area contributed by atoms with E-state index < -0.39 is 0 Å². The van der Waals surface area contributed by atoms with E-state index in [1.807, 2.05) is 38.5 Å². The average molecular weight is 368 g/mol. The summed E-state index contributed by atoms with van der Waals surface area (Å²) in [6.45, 7) is 4.23. The molecule has 3 heterocycles. The second kappa shape index (κ2) is 7.30. The van der Waals surface area contributed by atoms with Crippen LogP contribution in [-0.2, 0) is 7.05 Å². The Morgan fingerprint density at radius 1 is 1.44 bits per heavy atom. The Hall–Kier alpha value is -3.03. The molecule has 4 rings (SSSR count). The van der Waals surface area contributed by atoms with Crippen LogP contribution in [0.15, 0.2) is 30.6 Å². The SMILES string of the molecule is CCOc1nc2ccc(C(=O)N[C@@H]3CCCN(c4cnn(C)c4)C3)cc2[nH]1. The van der Waals surface area contributed by atoms with Crippen LogP contribution in [0.3, 0.4) is 0 Å². The molecule has 0 saturated carbocycles. The number of hydrogen-bond acceptors (Lipinski definition) is 5. The van der Waals surface area contributed by atoms with Gasteiger partial charge in [-0.1, -0.05) is 0 Å². The third-order valence-electron chi connectivity index (χ3n) is 4.82. The fourth-order valence-corrected chi connectivity index (χ4v) is 3.50. The van der Waals surface area contributed by atoms with Crippen molar-refractivity contribution in [2.24, 2.45) is 7.05 Å². The van der Waals surface area contributed by atoms with Crippen molar-refractivity contribution in [3.63, 3.8) is 0 Å². The summed E-state index contributed by atoms with van der Waals surface area (Å²) in [5.41, 5.74) is 3.30. The second-order valence-electron chi connectivity index (χ2n) is 6.84. The van der Waals surface area contributed by atoms with Gasteiger partial charge in [-0.25, -0.2) is 0 Å². The highest BCUT2D eigenvalue weighted by atomic mass is 16.5. The Labute approximate surface area is 157 Å². The van der Waals surface area contributed by atoms with Gasteiger partial charge in [0.1, 0.15) is 0 Å². The number of imidazole rings is 1. The van der Waals surface area contributed by atoms with Crippen LogP contribution >= 0.6 is 0 Å². The summed E-state index contributed by atoms with van der Waals surface area (Å²) in [6, 6.07) is 6.05. The van der Waals surface area contributed by atoms with Crippen LogP contribution in [0, 0.1) is 0 Å². The summed E-state index contributed by atoms with van der Waals surface area (Å²) in [7, 11) is 1.91. The molecular formula is C19H24N6O2. The highest BCUT2D eigenvalue weighted by molar-refractivity contribution is 5.97. The number of ether oxygens (including phenoxy) is 1. The summed E-state index contributed by atoms with van der Waals surface area (Å²) < 4.78 is 7.19. The first-order valence-electron chi connectivity index (χ1n) is 9.29. The molecule has 2 aromatic heterocycles. The highest BCUT2D eigenvalue weighted by Crippen LogP contribution is 2.20. The van der Waals surface area contributed by atoms with Crippen LogP contribution in [0.4, 0.5) is 5.69 Å². The third kappa shape index (κ3) is 3.74. The van der Waals surface area contributed by atoms with Crippen molar-refractivity contribution in [3.05, 3.63) is 36.2 Å². The molecule has 3 aromatic rings. The van der Waals surface area contributed by atoms with Crippen molar-refractivity contribution in [2.75, 3.05) is 24.6 Å². The number of rotatable bonds is 5. The number of nitrogens with one attached hydrogen (secondary N) is 2. The van der Waals surface area contributed by atoms with Gasteiger partial charge in [0.2, 0.25) is 0 Å². The van der Waals surface area contributed by atoms with E-state index in [0.717, 1.165) is 42.7 Å². The van der Waals surface area contributed by atoms with Crippen LogP contribution < -0.4 is 15.0 Å². The van der Waals surface area contributed by atoms with Crippen LogP contribution in [0.1, 0.15) is 30.1 Å². The van der Waals surface area contributed by atoms with Gasteiger partial charge < -0.3 is 19.9 Å². The van der Waals surface area contributed by atoms with Gasteiger partial charge in [-0.15, -0.1) is 0 Å². The lowest BCUT2D eigenvalue weighted by atomic mass is 10.0. The Morgan fingerprint density at radius 2 is 2.33 bits per heavy atom. The predicted molar refractivity (Wildman–Crippen MR) is 103 cm³/mol. The number of aromatic nitrogens is 4. The van der Waals surface area contributed by atoms with Crippen molar-refractivity contribution in [1.82, 2.24) is 25.1 Å². The Bertz CT molecular complexity index is 947. The Morgan fingerprint density at radius 3 is 3.11 bits per heavy atom. The van der Waals surface area contributed by atoms with E-state index in [-0.39, 0.29) is 11.9 Å². The molecule has 0 spiro atoms. The number of benzene rings is 1. The van der Waals surface area contributed by atoms with Gasteiger partial charge in [-0.2, -0.15) is 10.1 Å². The zero-order chi connectivity index (χ0) is 18.8. The van der Waals surface area contributed by atoms with Gasteiger partial charge in [0.15, 0.2) is 0 Å². The second-order valence-corrected chi connectivity index (χ2v) is 6.84. The summed E-state index contributed by atoms with van der Waals surface area (Å²) in [4.78, 5) is 22.4. The van der Waals surface area contributed by atoms with Gasteiger partial charge >= 0.3 is 0 Å². The molecule has 8 heteroatoms. The van der Waals surface area contributed by atoms with Gasteiger partial charge in [0.05, 0.1) is 29.5 Å². The smallest absolute Gasteiger partial charge is 0.294 e. The minimum absolute atomic E-state index is 0.0671. The summed E-state index contributed by atoms with van der Waals surface area (Å²) in [6.07, 6.45) is 5.89. The maximum absolute atomic E-state index is 12.7. The fourth-order valence-electron chi connectivity index (χ4n) is 3.50. The van der Waals surface area contributed by atoms with E-state index in [4.69, 9.17) is 4.74 Å². The zero-order valence-corrected chi connectivity index (χ0v) is 15.6. The van der Waals surface area contributed by atoms with E-state index in [9.17, 15) is 4.79 Å². The number of hydrogen-bond donors (Lipinski definition) is 2. The molecule has 8 nitrogen and oxygen atoms in total. The Kier molecular flexibility index (Phi) is 4.70. The molecule has 0 aliphatic carbocycles. The first kappa shape index (κ1) is 17.4. The summed E-state index contributed by atoms with van der Waals surface area (Å²) in [5.74, 6) is -0.0671. The molecule has 27 heavy (non-hydrogen) atoms. The number of nitrogens with zero attached hydrogens (tertiary/aromatic N) is 4. The molecule has 1 aliphatic heterocycles. The summed E-state index contributed by atoms with van der Waals surface area (Å²) >= 11 is 0. The van der Waals surface area contributed by atoms with Crippen molar-refractivity contribution >= 4 is 22.6 Å². The lowest BCUT2D eigenvalue weighted by molar-refractivity contribution is 0.0933. The number of H-pyrrole nitrogens is 1. The fraction of sp³-hybridized carbons (Fsp3) is 0.421. The average Bonchev–Trinajstić information content (AvgIpc) is 3.27.